The molecule has 0 bridgehead atoms. The molecule has 1 aliphatic heterocycles. The smallest absolute Gasteiger partial charge is 0.317 e. The lowest BCUT2D eigenvalue weighted by Crippen LogP contribution is -2.51. The minimum absolute atomic E-state index is 0.0110. The zero-order valence-corrected chi connectivity index (χ0v) is 14.7. The monoisotopic (exact) mass is 333 g/mol. The second-order valence-corrected chi connectivity index (χ2v) is 6.53. The van der Waals surface area contributed by atoms with Gasteiger partial charge in [0.25, 0.3) is 5.91 Å². The summed E-state index contributed by atoms with van der Waals surface area (Å²) in [6.45, 7) is 7.21. The highest BCUT2D eigenvalue weighted by Gasteiger charge is 2.24. The molecular weight excluding hydrogens is 306 g/mol. The summed E-state index contributed by atoms with van der Waals surface area (Å²) in [5, 5.41) is 5.87. The van der Waals surface area contributed by atoms with Crippen LogP contribution in [0, 0.1) is 6.92 Å². The minimum atomic E-state index is -0.124. The number of aryl methyl sites for hydroxylation is 1. The molecule has 1 aromatic carbocycles. The Labute approximate surface area is 143 Å². The second-order valence-electron chi connectivity index (χ2n) is 6.53. The van der Waals surface area contributed by atoms with Gasteiger partial charge in [0.2, 0.25) is 0 Å². The summed E-state index contributed by atoms with van der Waals surface area (Å²) < 4.78 is 5.48. The molecule has 0 saturated carbocycles. The highest BCUT2D eigenvalue weighted by Crippen LogP contribution is 2.12. The molecule has 0 atom stereocenters. The van der Waals surface area contributed by atoms with Crippen molar-refractivity contribution in [3.63, 3.8) is 0 Å². The molecule has 2 N–H and O–H groups in total. The number of carbonyl (C=O) groups is 2. The molecule has 0 spiro atoms. The van der Waals surface area contributed by atoms with Gasteiger partial charge in [-0.3, -0.25) is 4.79 Å². The van der Waals surface area contributed by atoms with E-state index in [-0.39, 0.29) is 30.6 Å². The standard InChI is InChI=1S/C18H27N3O3/c1-13(2)19-18(23)21-10-8-15(9-11-21)20-17(22)12-24-16-6-4-14(3)5-7-16/h4-7,13,15H,8-12H2,1-3H3,(H,19,23)(H,20,22). The summed E-state index contributed by atoms with van der Waals surface area (Å²) in [6, 6.07) is 7.81. The van der Waals surface area contributed by atoms with Gasteiger partial charge in [-0.15, -0.1) is 0 Å². The number of piperidine rings is 1. The van der Waals surface area contributed by atoms with Crippen molar-refractivity contribution in [2.24, 2.45) is 0 Å². The summed E-state index contributed by atoms with van der Waals surface area (Å²) in [6.07, 6.45) is 1.53. The van der Waals surface area contributed by atoms with Gasteiger partial charge in [0, 0.05) is 25.2 Å². The van der Waals surface area contributed by atoms with Crippen molar-refractivity contribution < 1.29 is 14.3 Å². The molecule has 1 aromatic rings. The average Bonchev–Trinajstić information content (AvgIpc) is 2.54. The summed E-state index contributed by atoms with van der Waals surface area (Å²) >= 11 is 0. The number of hydrogen-bond acceptors (Lipinski definition) is 3. The zero-order chi connectivity index (χ0) is 17.5. The molecule has 2 rings (SSSR count). The van der Waals surface area contributed by atoms with E-state index in [4.69, 9.17) is 4.74 Å². The first-order valence-electron chi connectivity index (χ1n) is 8.48. The van der Waals surface area contributed by atoms with Crippen LogP contribution in [0.25, 0.3) is 0 Å². The molecule has 1 heterocycles. The summed E-state index contributed by atoms with van der Waals surface area (Å²) in [5.74, 6) is 0.566. The van der Waals surface area contributed by atoms with Crippen molar-refractivity contribution in [1.82, 2.24) is 15.5 Å². The molecule has 1 aliphatic rings. The van der Waals surface area contributed by atoms with Crippen LogP contribution in [0.4, 0.5) is 4.79 Å². The number of carbonyl (C=O) groups excluding carboxylic acids is 2. The molecule has 0 aliphatic carbocycles. The summed E-state index contributed by atoms with van der Waals surface area (Å²) in [4.78, 5) is 25.7. The number of urea groups is 1. The average molecular weight is 333 g/mol. The van der Waals surface area contributed by atoms with Crippen LogP contribution in [-0.2, 0) is 4.79 Å². The van der Waals surface area contributed by atoms with E-state index in [1.54, 1.807) is 4.90 Å². The summed E-state index contributed by atoms with van der Waals surface area (Å²) in [5.41, 5.74) is 1.15. The Morgan fingerprint density at radius 2 is 1.83 bits per heavy atom. The molecule has 1 saturated heterocycles. The summed E-state index contributed by atoms with van der Waals surface area (Å²) in [7, 11) is 0. The van der Waals surface area contributed by atoms with Gasteiger partial charge < -0.3 is 20.3 Å². The molecule has 3 amide bonds. The first kappa shape index (κ1) is 18.1. The molecule has 24 heavy (non-hydrogen) atoms. The predicted molar refractivity (Wildman–Crippen MR) is 93.1 cm³/mol. The largest absolute Gasteiger partial charge is 0.484 e. The van der Waals surface area contributed by atoms with Crippen LogP contribution < -0.4 is 15.4 Å². The molecule has 6 heteroatoms. The third-order valence-corrected chi connectivity index (χ3v) is 3.95. The van der Waals surface area contributed by atoms with Gasteiger partial charge in [0.05, 0.1) is 0 Å². The Hall–Kier alpha value is -2.24. The van der Waals surface area contributed by atoms with Crippen LogP contribution in [0.5, 0.6) is 5.75 Å². The Kier molecular flexibility index (Phi) is 6.46. The van der Waals surface area contributed by atoms with E-state index in [1.165, 1.54) is 0 Å². The van der Waals surface area contributed by atoms with E-state index in [0.29, 0.717) is 18.8 Å². The molecule has 132 valence electrons. The molecule has 6 nitrogen and oxygen atoms in total. The Morgan fingerprint density at radius 1 is 1.21 bits per heavy atom. The Bertz CT molecular complexity index is 549. The third-order valence-electron chi connectivity index (χ3n) is 3.95. The fourth-order valence-electron chi connectivity index (χ4n) is 2.62. The number of nitrogens with one attached hydrogen (secondary N) is 2. The Morgan fingerprint density at radius 3 is 2.42 bits per heavy atom. The quantitative estimate of drug-likeness (QED) is 0.866. The van der Waals surface area contributed by atoms with Crippen molar-refractivity contribution in [2.45, 2.75) is 45.7 Å². The van der Waals surface area contributed by atoms with Crippen molar-refractivity contribution >= 4 is 11.9 Å². The molecule has 0 radical (unpaired) electrons. The van der Waals surface area contributed by atoms with Crippen molar-refractivity contribution in [3.8, 4) is 5.75 Å². The number of ether oxygens (including phenoxy) is 1. The number of amides is 3. The fraction of sp³-hybridized carbons (Fsp3) is 0.556. The van der Waals surface area contributed by atoms with Gasteiger partial charge in [0.15, 0.2) is 6.61 Å². The van der Waals surface area contributed by atoms with Crippen LogP contribution in [0.3, 0.4) is 0 Å². The normalized spacial score (nSPS) is 15.2. The lowest BCUT2D eigenvalue weighted by molar-refractivity contribution is -0.124. The second kappa shape index (κ2) is 8.57. The first-order valence-corrected chi connectivity index (χ1v) is 8.48. The van der Waals surface area contributed by atoms with Crippen LogP contribution in [-0.4, -0.2) is 48.6 Å². The number of nitrogens with zero attached hydrogens (tertiary/aromatic N) is 1. The van der Waals surface area contributed by atoms with E-state index in [0.717, 1.165) is 18.4 Å². The van der Waals surface area contributed by atoms with Crippen LogP contribution >= 0.6 is 0 Å². The van der Waals surface area contributed by atoms with Gasteiger partial charge in [-0.2, -0.15) is 0 Å². The maximum atomic E-state index is 12.0. The van der Waals surface area contributed by atoms with Gasteiger partial charge in [-0.1, -0.05) is 17.7 Å². The molecule has 0 aromatic heterocycles. The number of rotatable bonds is 5. The van der Waals surface area contributed by atoms with Gasteiger partial charge in [0.1, 0.15) is 5.75 Å². The Balaban J connectivity index is 1.68. The van der Waals surface area contributed by atoms with E-state index in [9.17, 15) is 9.59 Å². The van der Waals surface area contributed by atoms with Crippen molar-refractivity contribution in [3.05, 3.63) is 29.8 Å². The molecule has 1 fully saturated rings. The maximum absolute atomic E-state index is 12.0. The van der Waals surface area contributed by atoms with Gasteiger partial charge in [-0.25, -0.2) is 4.79 Å². The van der Waals surface area contributed by atoms with E-state index >= 15 is 0 Å². The number of hydrogen-bond donors (Lipinski definition) is 2. The lowest BCUT2D eigenvalue weighted by Gasteiger charge is -2.32. The third kappa shape index (κ3) is 5.76. The van der Waals surface area contributed by atoms with Crippen LogP contribution in [0.1, 0.15) is 32.3 Å². The minimum Gasteiger partial charge on any atom is -0.484 e. The maximum Gasteiger partial charge on any atom is 0.317 e. The van der Waals surface area contributed by atoms with E-state index < -0.39 is 0 Å². The zero-order valence-electron chi connectivity index (χ0n) is 14.7. The van der Waals surface area contributed by atoms with Gasteiger partial charge in [-0.05, 0) is 45.7 Å². The highest BCUT2D eigenvalue weighted by atomic mass is 16.5. The lowest BCUT2D eigenvalue weighted by atomic mass is 10.1. The first-order chi connectivity index (χ1) is 11.4. The SMILES string of the molecule is Cc1ccc(OCC(=O)NC2CCN(C(=O)NC(C)C)CC2)cc1. The van der Waals surface area contributed by atoms with Crippen LogP contribution in [0.15, 0.2) is 24.3 Å². The van der Waals surface area contributed by atoms with E-state index in [1.807, 2.05) is 45.0 Å². The van der Waals surface area contributed by atoms with Crippen molar-refractivity contribution in [1.29, 1.82) is 0 Å². The predicted octanol–water partition coefficient (Wildman–Crippen LogP) is 2.07. The number of benzene rings is 1. The van der Waals surface area contributed by atoms with E-state index in [2.05, 4.69) is 10.6 Å². The fourth-order valence-corrected chi connectivity index (χ4v) is 2.62. The number of likely N-dealkylation sites (tertiary alicyclic amines) is 1. The van der Waals surface area contributed by atoms with Gasteiger partial charge >= 0.3 is 6.03 Å². The highest BCUT2D eigenvalue weighted by molar-refractivity contribution is 5.78. The molecular formula is C18H27N3O3. The van der Waals surface area contributed by atoms with Crippen molar-refractivity contribution in [2.75, 3.05) is 19.7 Å². The van der Waals surface area contributed by atoms with Crippen LogP contribution in [0.2, 0.25) is 0 Å². The molecule has 0 unspecified atom stereocenters. The topological polar surface area (TPSA) is 70.7 Å².